The lowest BCUT2D eigenvalue weighted by atomic mass is 10.3. The van der Waals surface area contributed by atoms with Crippen LogP contribution in [0.25, 0.3) is 0 Å². The molecule has 0 radical (unpaired) electrons. The number of urea groups is 1. The molecule has 0 aromatic heterocycles. The van der Waals surface area contributed by atoms with Crippen LogP contribution in [-0.4, -0.2) is 25.6 Å². The molecule has 1 aliphatic carbocycles. The van der Waals surface area contributed by atoms with Crippen LogP contribution in [0, 0.1) is 0 Å². The normalized spacial score (nSPS) is 14.0. The molecule has 0 saturated heterocycles. The largest absolute Gasteiger partial charge is 0.504 e. The number of carbonyl (C=O) groups excluding carboxylic acids is 1. The van der Waals surface area contributed by atoms with Crippen molar-refractivity contribution in [2.45, 2.75) is 23.8 Å². The summed E-state index contributed by atoms with van der Waals surface area (Å²) in [6, 6.07) is 6.31. The molecule has 0 aliphatic heterocycles. The first-order chi connectivity index (χ1) is 12.7. The summed E-state index contributed by atoms with van der Waals surface area (Å²) in [7, 11) is -4.03. The molecule has 1 aliphatic rings. The highest BCUT2D eigenvalue weighted by Crippen LogP contribution is 2.38. The number of carbonyl (C=O) groups is 1. The molecule has 3 rings (SSSR count). The van der Waals surface area contributed by atoms with Crippen molar-refractivity contribution in [3.63, 3.8) is 0 Å². The van der Waals surface area contributed by atoms with Crippen LogP contribution < -0.4 is 15.4 Å². The fraction of sp³-hybridized carbons (Fsp3) is 0.188. The van der Waals surface area contributed by atoms with E-state index in [-0.39, 0.29) is 32.5 Å². The highest BCUT2D eigenvalue weighted by Gasteiger charge is 2.32. The van der Waals surface area contributed by atoms with Crippen molar-refractivity contribution >= 4 is 62.2 Å². The van der Waals surface area contributed by atoms with Gasteiger partial charge in [0.1, 0.15) is 4.90 Å². The Bertz CT molecular complexity index is 1010. The molecule has 4 N–H and O–H groups in total. The quantitative estimate of drug-likeness (QED) is 0.505. The van der Waals surface area contributed by atoms with E-state index in [1.165, 1.54) is 18.2 Å². The van der Waals surface area contributed by atoms with E-state index in [1.54, 1.807) is 12.1 Å². The average Bonchev–Trinajstić information content (AvgIpc) is 3.37. The van der Waals surface area contributed by atoms with Gasteiger partial charge in [-0.2, -0.15) is 0 Å². The van der Waals surface area contributed by atoms with E-state index in [0.717, 1.165) is 12.8 Å². The van der Waals surface area contributed by atoms with Crippen molar-refractivity contribution in [3.05, 3.63) is 45.4 Å². The number of benzene rings is 2. The summed E-state index contributed by atoms with van der Waals surface area (Å²) in [6.07, 6.45) is 1.44. The Hall–Kier alpha value is -1.71. The molecule has 1 fully saturated rings. The standard InChI is InChI=1S/C16H14Cl3N3O4S/c17-9-2-1-3-11(13(9)19)20-16(24)21-12-7-6-10(18)15(14(12)23)27(25,26)22-8-4-5-8/h1-3,6-8,22-23H,4-5H2,(H2,20,21,24). The molecule has 11 heteroatoms. The highest BCUT2D eigenvalue weighted by atomic mass is 35.5. The van der Waals surface area contributed by atoms with Gasteiger partial charge >= 0.3 is 6.03 Å². The van der Waals surface area contributed by atoms with Crippen LogP contribution in [0.3, 0.4) is 0 Å². The third-order valence-corrected chi connectivity index (χ3v) is 6.54. The number of halogens is 3. The summed E-state index contributed by atoms with van der Waals surface area (Å²) >= 11 is 17.8. The van der Waals surface area contributed by atoms with E-state index in [9.17, 15) is 18.3 Å². The second-order valence-corrected chi connectivity index (χ2v) is 8.69. The second kappa shape index (κ2) is 7.73. The SMILES string of the molecule is O=C(Nc1ccc(Cl)c(S(=O)(=O)NC2CC2)c1O)Nc1cccc(Cl)c1Cl. The zero-order valence-corrected chi connectivity index (χ0v) is 16.7. The van der Waals surface area contributed by atoms with Crippen molar-refractivity contribution in [2.24, 2.45) is 0 Å². The molecule has 0 atom stereocenters. The van der Waals surface area contributed by atoms with E-state index in [2.05, 4.69) is 15.4 Å². The molecule has 0 unspecified atom stereocenters. The average molecular weight is 451 g/mol. The zero-order valence-electron chi connectivity index (χ0n) is 13.6. The monoisotopic (exact) mass is 449 g/mol. The minimum Gasteiger partial charge on any atom is -0.504 e. The Morgan fingerprint density at radius 3 is 2.33 bits per heavy atom. The number of sulfonamides is 1. The predicted molar refractivity (Wildman–Crippen MR) is 106 cm³/mol. The second-order valence-electron chi connectivity index (χ2n) is 5.85. The molecule has 2 amide bonds. The van der Waals surface area contributed by atoms with Gasteiger partial charge in [-0.05, 0) is 37.1 Å². The van der Waals surface area contributed by atoms with Gasteiger partial charge in [-0.3, -0.25) is 0 Å². The molecule has 0 spiro atoms. The first kappa shape index (κ1) is 20.0. The molecule has 27 heavy (non-hydrogen) atoms. The van der Waals surface area contributed by atoms with Crippen LogP contribution in [-0.2, 0) is 10.0 Å². The van der Waals surface area contributed by atoms with Gasteiger partial charge in [0.05, 0.1) is 26.4 Å². The number of phenols is 1. The summed E-state index contributed by atoms with van der Waals surface area (Å²) in [5.74, 6) is -0.664. The Kier molecular flexibility index (Phi) is 5.73. The van der Waals surface area contributed by atoms with Gasteiger partial charge in [0.25, 0.3) is 0 Å². The van der Waals surface area contributed by atoms with Gasteiger partial charge in [0, 0.05) is 6.04 Å². The van der Waals surface area contributed by atoms with E-state index in [4.69, 9.17) is 34.8 Å². The van der Waals surface area contributed by atoms with Crippen LogP contribution in [0.15, 0.2) is 35.2 Å². The smallest absolute Gasteiger partial charge is 0.323 e. The number of anilines is 2. The lowest BCUT2D eigenvalue weighted by Crippen LogP contribution is -2.26. The van der Waals surface area contributed by atoms with Crippen LogP contribution in [0.5, 0.6) is 5.75 Å². The Balaban J connectivity index is 1.84. The van der Waals surface area contributed by atoms with Crippen molar-refractivity contribution in [2.75, 3.05) is 10.6 Å². The number of hydrogen-bond donors (Lipinski definition) is 4. The summed E-state index contributed by atoms with van der Waals surface area (Å²) < 4.78 is 27.3. The lowest BCUT2D eigenvalue weighted by molar-refractivity contribution is 0.262. The fourth-order valence-electron chi connectivity index (χ4n) is 2.26. The number of aromatic hydroxyl groups is 1. The Morgan fingerprint density at radius 1 is 1.00 bits per heavy atom. The number of amides is 2. The fourth-order valence-corrected chi connectivity index (χ4v) is 4.55. The van der Waals surface area contributed by atoms with Crippen LogP contribution >= 0.6 is 34.8 Å². The van der Waals surface area contributed by atoms with Crippen LogP contribution in [0.2, 0.25) is 15.1 Å². The Labute approximate surface area is 170 Å². The van der Waals surface area contributed by atoms with E-state index in [0.29, 0.717) is 0 Å². The molecule has 2 aromatic carbocycles. The highest BCUT2D eigenvalue weighted by molar-refractivity contribution is 7.89. The molecule has 7 nitrogen and oxygen atoms in total. The van der Waals surface area contributed by atoms with Crippen molar-refractivity contribution in [1.29, 1.82) is 0 Å². The zero-order chi connectivity index (χ0) is 19.8. The maximum atomic E-state index is 12.4. The first-order valence-electron chi connectivity index (χ1n) is 7.75. The predicted octanol–water partition coefficient (Wildman–Crippen LogP) is 4.44. The molecule has 2 aromatic rings. The lowest BCUT2D eigenvalue weighted by Gasteiger charge is -2.14. The van der Waals surface area contributed by atoms with E-state index >= 15 is 0 Å². The molecule has 1 saturated carbocycles. The van der Waals surface area contributed by atoms with E-state index < -0.39 is 26.7 Å². The molecule has 0 bridgehead atoms. The van der Waals surface area contributed by atoms with Gasteiger partial charge in [-0.1, -0.05) is 40.9 Å². The first-order valence-corrected chi connectivity index (χ1v) is 10.4. The summed E-state index contributed by atoms with van der Waals surface area (Å²) in [5.41, 5.74) is 0.115. The van der Waals surface area contributed by atoms with Gasteiger partial charge in [-0.15, -0.1) is 0 Å². The molecule has 0 heterocycles. The third kappa shape index (κ3) is 4.59. The van der Waals surface area contributed by atoms with Gasteiger partial charge in [-0.25, -0.2) is 17.9 Å². The summed E-state index contributed by atoms with van der Waals surface area (Å²) in [4.78, 5) is 11.7. The minimum absolute atomic E-state index is 0.133. The van der Waals surface area contributed by atoms with Gasteiger partial charge in [0.2, 0.25) is 10.0 Å². The summed E-state index contributed by atoms with van der Waals surface area (Å²) in [5, 5.41) is 15.4. The van der Waals surface area contributed by atoms with Gasteiger partial charge < -0.3 is 15.7 Å². The van der Waals surface area contributed by atoms with Crippen LogP contribution in [0.1, 0.15) is 12.8 Å². The van der Waals surface area contributed by atoms with E-state index in [1.807, 2.05) is 0 Å². The number of phenolic OH excluding ortho intramolecular Hbond substituents is 1. The molecular weight excluding hydrogens is 437 g/mol. The Morgan fingerprint density at radius 2 is 1.67 bits per heavy atom. The molecular formula is C16H14Cl3N3O4S. The number of hydrogen-bond acceptors (Lipinski definition) is 4. The topological polar surface area (TPSA) is 108 Å². The van der Waals surface area contributed by atoms with Crippen molar-refractivity contribution in [1.82, 2.24) is 4.72 Å². The maximum absolute atomic E-state index is 12.4. The minimum atomic E-state index is -4.03. The third-order valence-electron chi connectivity index (χ3n) is 3.70. The number of rotatable bonds is 5. The van der Waals surface area contributed by atoms with Gasteiger partial charge in [0.15, 0.2) is 5.75 Å². The van der Waals surface area contributed by atoms with Crippen LogP contribution in [0.4, 0.5) is 16.2 Å². The summed E-state index contributed by atoms with van der Waals surface area (Å²) in [6.45, 7) is 0. The maximum Gasteiger partial charge on any atom is 0.323 e. The van der Waals surface area contributed by atoms with Crippen molar-refractivity contribution in [3.8, 4) is 5.75 Å². The molecule has 144 valence electrons. The van der Waals surface area contributed by atoms with Crippen molar-refractivity contribution < 1.29 is 18.3 Å². The number of nitrogens with one attached hydrogen (secondary N) is 3.